The van der Waals surface area contributed by atoms with Gasteiger partial charge in [-0.3, -0.25) is 9.59 Å². The van der Waals surface area contributed by atoms with Gasteiger partial charge in [-0.05, 0) is 48.0 Å². The number of halogens is 1. The SMILES string of the molecule is O=C(Nc1cccc(SC(C(=O)Nc2nc(-c3ccc(Br)cc3)cs2)c2ccccc2)c1)c1ccco1. The summed E-state index contributed by atoms with van der Waals surface area (Å²) in [5.41, 5.74) is 3.25. The first kappa shape index (κ1) is 25.0. The molecule has 2 aromatic heterocycles. The number of rotatable bonds is 8. The molecule has 6 nitrogen and oxygen atoms in total. The number of carbonyl (C=O) groups is 2. The van der Waals surface area contributed by atoms with Gasteiger partial charge in [0.1, 0.15) is 5.25 Å². The van der Waals surface area contributed by atoms with Crippen LogP contribution in [0.1, 0.15) is 21.4 Å². The fourth-order valence-electron chi connectivity index (χ4n) is 3.54. The van der Waals surface area contributed by atoms with Crippen molar-refractivity contribution >= 4 is 61.7 Å². The van der Waals surface area contributed by atoms with Crippen LogP contribution in [-0.2, 0) is 4.79 Å². The third-order valence-corrected chi connectivity index (χ3v) is 7.84. The number of nitrogens with one attached hydrogen (secondary N) is 2. The van der Waals surface area contributed by atoms with Gasteiger partial charge in [0, 0.05) is 26.0 Å². The number of aromatic nitrogens is 1. The van der Waals surface area contributed by atoms with Gasteiger partial charge in [-0.1, -0.05) is 64.5 Å². The van der Waals surface area contributed by atoms with Crippen LogP contribution in [0.15, 0.2) is 116 Å². The number of thiazole rings is 1. The smallest absolute Gasteiger partial charge is 0.291 e. The van der Waals surface area contributed by atoms with Crippen LogP contribution in [0.3, 0.4) is 0 Å². The van der Waals surface area contributed by atoms with E-state index in [0.717, 1.165) is 26.2 Å². The van der Waals surface area contributed by atoms with Crippen LogP contribution in [0.4, 0.5) is 10.8 Å². The summed E-state index contributed by atoms with van der Waals surface area (Å²) in [6.45, 7) is 0. The summed E-state index contributed by atoms with van der Waals surface area (Å²) in [6, 6.07) is 28.1. The summed E-state index contributed by atoms with van der Waals surface area (Å²) in [7, 11) is 0. The van der Waals surface area contributed by atoms with Gasteiger partial charge in [0.25, 0.3) is 5.91 Å². The van der Waals surface area contributed by atoms with Crippen LogP contribution in [0, 0.1) is 0 Å². The van der Waals surface area contributed by atoms with Crippen molar-refractivity contribution in [3.63, 3.8) is 0 Å². The van der Waals surface area contributed by atoms with E-state index >= 15 is 0 Å². The van der Waals surface area contributed by atoms with Crippen molar-refractivity contribution in [2.75, 3.05) is 10.6 Å². The number of thioether (sulfide) groups is 1. The molecule has 0 bridgehead atoms. The van der Waals surface area contributed by atoms with Crippen molar-refractivity contribution in [3.05, 3.63) is 118 Å². The highest BCUT2D eigenvalue weighted by Crippen LogP contribution is 2.38. The minimum absolute atomic E-state index is 0.182. The lowest BCUT2D eigenvalue weighted by molar-refractivity contribution is -0.115. The number of nitrogens with zero attached hydrogens (tertiary/aromatic N) is 1. The summed E-state index contributed by atoms with van der Waals surface area (Å²) >= 11 is 6.23. The molecule has 0 aliphatic heterocycles. The Morgan fingerprint density at radius 2 is 1.73 bits per heavy atom. The number of anilines is 2. The van der Waals surface area contributed by atoms with E-state index in [2.05, 4.69) is 31.5 Å². The Hall–Kier alpha value is -3.66. The molecule has 0 aliphatic rings. The van der Waals surface area contributed by atoms with E-state index in [9.17, 15) is 9.59 Å². The number of amides is 2. The van der Waals surface area contributed by atoms with Crippen molar-refractivity contribution in [1.82, 2.24) is 4.98 Å². The quantitative estimate of drug-likeness (QED) is 0.180. The van der Waals surface area contributed by atoms with Gasteiger partial charge in [-0.25, -0.2) is 4.98 Å². The molecular weight excluding hydrogens is 570 g/mol. The number of hydrogen-bond donors (Lipinski definition) is 2. The first-order chi connectivity index (χ1) is 18.0. The highest BCUT2D eigenvalue weighted by Gasteiger charge is 2.23. The Balaban J connectivity index is 1.34. The molecule has 2 amide bonds. The molecule has 184 valence electrons. The monoisotopic (exact) mass is 589 g/mol. The van der Waals surface area contributed by atoms with Gasteiger partial charge in [0.15, 0.2) is 10.9 Å². The molecule has 3 aromatic carbocycles. The van der Waals surface area contributed by atoms with E-state index in [0.29, 0.717) is 10.8 Å². The van der Waals surface area contributed by atoms with Crippen molar-refractivity contribution in [1.29, 1.82) is 0 Å². The topological polar surface area (TPSA) is 84.2 Å². The maximum Gasteiger partial charge on any atom is 0.291 e. The molecule has 0 spiro atoms. The Morgan fingerprint density at radius 3 is 2.49 bits per heavy atom. The predicted octanol–water partition coefficient (Wildman–Crippen LogP) is 7.89. The largest absolute Gasteiger partial charge is 0.459 e. The van der Waals surface area contributed by atoms with Crippen LogP contribution >= 0.6 is 39.0 Å². The number of benzene rings is 3. The highest BCUT2D eigenvalue weighted by atomic mass is 79.9. The molecule has 1 atom stereocenters. The van der Waals surface area contributed by atoms with Crippen molar-refractivity contribution in [2.45, 2.75) is 10.1 Å². The summed E-state index contributed by atoms with van der Waals surface area (Å²) in [5.74, 6) is -0.293. The minimum Gasteiger partial charge on any atom is -0.459 e. The van der Waals surface area contributed by atoms with Crippen LogP contribution in [0.2, 0.25) is 0 Å². The molecule has 0 saturated carbocycles. The van der Waals surface area contributed by atoms with Gasteiger partial charge in [-0.15, -0.1) is 23.1 Å². The van der Waals surface area contributed by atoms with Gasteiger partial charge in [0.05, 0.1) is 12.0 Å². The number of carbonyl (C=O) groups excluding carboxylic acids is 2. The van der Waals surface area contributed by atoms with E-state index in [-0.39, 0.29) is 17.6 Å². The molecule has 5 rings (SSSR count). The van der Waals surface area contributed by atoms with Crippen molar-refractivity contribution in [2.24, 2.45) is 0 Å². The fraction of sp³-hybridized carbons (Fsp3) is 0.0357. The molecule has 0 radical (unpaired) electrons. The minimum atomic E-state index is -0.530. The van der Waals surface area contributed by atoms with E-state index in [1.165, 1.54) is 29.4 Å². The molecule has 5 aromatic rings. The lowest BCUT2D eigenvalue weighted by Gasteiger charge is -2.17. The van der Waals surface area contributed by atoms with Crippen LogP contribution < -0.4 is 10.6 Å². The molecule has 2 N–H and O–H groups in total. The molecule has 1 unspecified atom stereocenters. The molecule has 0 fully saturated rings. The Labute approximate surface area is 230 Å². The van der Waals surface area contributed by atoms with Crippen LogP contribution in [0.5, 0.6) is 0 Å². The first-order valence-electron chi connectivity index (χ1n) is 11.2. The van der Waals surface area contributed by atoms with Crippen molar-refractivity contribution < 1.29 is 14.0 Å². The van der Waals surface area contributed by atoms with E-state index in [4.69, 9.17) is 4.42 Å². The lowest BCUT2D eigenvalue weighted by atomic mass is 10.1. The van der Waals surface area contributed by atoms with Gasteiger partial charge in [-0.2, -0.15) is 0 Å². The first-order valence-corrected chi connectivity index (χ1v) is 13.8. The Kier molecular flexibility index (Phi) is 7.84. The maximum absolute atomic E-state index is 13.5. The summed E-state index contributed by atoms with van der Waals surface area (Å²) in [5, 5.41) is 7.74. The van der Waals surface area contributed by atoms with Crippen molar-refractivity contribution in [3.8, 4) is 11.3 Å². The maximum atomic E-state index is 13.5. The summed E-state index contributed by atoms with van der Waals surface area (Å²) in [6.07, 6.45) is 1.45. The second-order valence-electron chi connectivity index (χ2n) is 7.90. The van der Waals surface area contributed by atoms with Gasteiger partial charge >= 0.3 is 0 Å². The zero-order chi connectivity index (χ0) is 25.6. The zero-order valence-corrected chi connectivity index (χ0v) is 22.5. The van der Waals surface area contributed by atoms with E-state index < -0.39 is 5.25 Å². The average Bonchev–Trinajstić information content (AvgIpc) is 3.61. The normalized spacial score (nSPS) is 11.6. The van der Waals surface area contributed by atoms with Crippen LogP contribution in [0.25, 0.3) is 11.3 Å². The molecule has 2 heterocycles. The summed E-state index contributed by atoms with van der Waals surface area (Å²) in [4.78, 5) is 31.3. The van der Waals surface area contributed by atoms with Gasteiger partial charge in [0.2, 0.25) is 5.91 Å². The van der Waals surface area contributed by atoms with Crippen LogP contribution in [-0.4, -0.2) is 16.8 Å². The van der Waals surface area contributed by atoms with Gasteiger partial charge < -0.3 is 15.1 Å². The standard InChI is InChI=1S/C28H20BrN3O3S2/c29-20-13-11-18(12-14-20)23-17-36-28(31-23)32-27(34)25(19-6-2-1-3-7-19)37-22-9-4-8-21(16-22)30-26(33)24-10-5-15-35-24/h1-17,25H,(H,30,33)(H,31,32,34). The predicted molar refractivity (Wildman–Crippen MR) is 152 cm³/mol. The Morgan fingerprint density at radius 1 is 0.919 bits per heavy atom. The third-order valence-electron chi connectivity index (χ3n) is 5.31. The van der Waals surface area contributed by atoms with E-state index in [1.54, 1.807) is 18.2 Å². The van der Waals surface area contributed by atoms with E-state index in [1.807, 2.05) is 78.2 Å². The lowest BCUT2D eigenvalue weighted by Crippen LogP contribution is -2.19. The molecule has 37 heavy (non-hydrogen) atoms. The molecular formula is C28H20BrN3O3S2. The summed E-state index contributed by atoms with van der Waals surface area (Å²) < 4.78 is 6.16. The Bertz CT molecular complexity index is 1500. The molecule has 9 heteroatoms. The fourth-order valence-corrected chi connectivity index (χ4v) is 5.61. The highest BCUT2D eigenvalue weighted by molar-refractivity contribution is 9.10. The molecule has 0 aliphatic carbocycles. The third kappa shape index (κ3) is 6.37. The number of furan rings is 1. The second kappa shape index (κ2) is 11.6. The second-order valence-corrected chi connectivity index (χ2v) is 10.9. The number of hydrogen-bond acceptors (Lipinski definition) is 6. The zero-order valence-electron chi connectivity index (χ0n) is 19.3. The molecule has 0 saturated heterocycles. The average molecular weight is 591 g/mol.